The molecule has 0 aromatic heterocycles. The largest absolute Gasteiger partial charge is 0.459 e. The van der Waals surface area contributed by atoms with Crippen molar-refractivity contribution in [1.82, 2.24) is 0 Å². The maximum absolute atomic E-state index is 11.8. The van der Waals surface area contributed by atoms with Gasteiger partial charge < -0.3 is 18.6 Å². The third kappa shape index (κ3) is 11.6. The molecule has 0 spiro atoms. The smallest absolute Gasteiger partial charge is 0.333 e. The first-order valence-electron chi connectivity index (χ1n) is 7.06. The number of esters is 1. The summed E-state index contributed by atoms with van der Waals surface area (Å²) >= 11 is 0. The lowest BCUT2D eigenvalue weighted by Crippen LogP contribution is -2.37. The molecule has 0 saturated heterocycles. The van der Waals surface area contributed by atoms with Gasteiger partial charge in [0.2, 0.25) is 0 Å². The summed E-state index contributed by atoms with van der Waals surface area (Å²) in [6.45, 7) is 7.74. The van der Waals surface area contributed by atoms with E-state index >= 15 is 0 Å². The van der Waals surface area contributed by atoms with Crippen LogP contribution in [0.2, 0.25) is 0 Å². The number of hydrogen-bond acceptors (Lipinski definition) is 4. The van der Waals surface area contributed by atoms with Crippen LogP contribution in [0.25, 0.3) is 0 Å². The molecule has 0 rings (SSSR count). The number of hydrogen-bond donors (Lipinski definition) is 1. The molecule has 0 radical (unpaired) electrons. The van der Waals surface area contributed by atoms with Gasteiger partial charge in [-0.25, -0.2) is 4.79 Å². The Bertz CT molecular complexity index is 403. The summed E-state index contributed by atoms with van der Waals surface area (Å²) in [7, 11) is 2.41. The van der Waals surface area contributed by atoms with Crippen LogP contribution in [0.5, 0.6) is 0 Å². The Morgan fingerprint density at radius 1 is 1.38 bits per heavy atom. The van der Waals surface area contributed by atoms with Crippen molar-refractivity contribution < 1.29 is 28.0 Å². The zero-order chi connectivity index (χ0) is 16.7. The molecule has 1 N–H and O–H groups in total. The highest BCUT2D eigenvalue weighted by molar-refractivity contribution is 7.52. The molecular formula is C14H29NO5P+. The fourth-order valence-corrected chi connectivity index (χ4v) is 2.52. The summed E-state index contributed by atoms with van der Waals surface area (Å²) in [6.07, 6.45) is 0.741. The Balaban J connectivity index is 3.96. The Morgan fingerprint density at radius 2 is 1.95 bits per heavy atom. The minimum absolute atomic E-state index is 0.0686. The highest BCUT2D eigenvalue weighted by Gasteiger charge is 2.21. The Hall–Kier alpha value is -0.680. The highest BCUT2D eigenvalue weighted by atomic mass is 31.2. The Labute approximate surface area is 127 Å². The molecule has 0 aromatic carbocycles. The maximum Gasteiger partial charge on any atom is 0.333 e. The standard InChI is InChI=1S/C14H28NO5P/c1-12(2)14(16)20-13(3)8-7-11-21(17,18)19-10-9-15(4,5)6/h13H,1,7-11H2,2-6H3/p+1. The average molecular weight is 322 g/mol. The van der Waals surface area contributed by atoms with Gasteiger partial charge in [-0.3, -0.25) is 4.57 Å². The molecule has 0 amide bonds. The lowest BCUT2D eigenvalue weighted by atomic mass is 10.2. The number of carbonyl (C=O) groups excluding carboxylic acids is 1. The first kappa shape index (κ1) is 20.3. The number of quaternary nitrogens is 1. The van der Waals surface area contributed by atoms with Crippen molar-refractivity contribution in [2.24, 2.45) is 0 Å². The van der Waals surface area contributed by atoms with Gasteiger partial charge in [-0.1, -0.05) is 6.58 Å². The monoisotopic (exact) mass is 322 g/mol. The first-order chi connectivity index (χ1) is 9.43. The normalized spacial score (nSPS) is 16.1. The molecular weight excluding hydrogens is 293 g/mol. The van der Waals surface area contributed by atoms with Gasteiger partial charge in [-0.15, -0.1) is 0 Å². The second-order valence-electron chi connectivity index (χ2n) is 6.35. The van der Waals surface area contributed by atoms with Gasteiger partial charge in [0, 0.05) is 5.57 Å². The van der Waals surface area contributed by atoms with E-state index in [4.69, 9.17) is 9.26 Å². The summed E-state index contributed by atoms with van der Waals surface area (Å²) in [5, 5.41) is 0. The first-order valence-corrected chi connectivity index (χ1v) is 8.82. The fraction of sp³-hybridized carbons (Fsp3) is 0.786. The molecule has 0 fully saturated rings. The van der Waals surface area contributed by atoms with Gasteiger partial charge in [0.15, 0.2) is 0 Å². The number of nitrogens with zero attached hydrogens (tertiary/aromatic N) is 1. The summed E-state index contributed by atoms with van der Waals surface area (Å²) in [6, 6.07) is 0. The molecule has 7 heteroatoms. The minimum atomic E-state index is -3.56. The van der Waals surface area contributed by atoms with Crippen molar-refractivity contribution in [2.75, 3.05) is 40.5 Å². The molecule has 0 aliphatic carbocycles. The zero-order valence-electron chi connectivity index (χ0n) is 13.8. The Kier molecular flexibility index (Phi) is 8.41. The van der Waals surface area contributed by atoms with Crippen LogP contribution in [0, 0.1) is 0 Å². The molecule has 0 aromatic rings. The maximum atomic E-state index is 11.8. The number of rotatable bonds is 10. The number of ether oxygens (including phenoxy) is 1. The van der Waals surface area contributed by atoms with E-state index in [-0.39, 0.29) is 18.9 Å². The van der Waals surface area contributed by atoms with Crippen molar-refractivity contribution in [3.05, 3.63) is 12.2 Å². The number of likely N-dealkylation sites (N-methyl/N-ethyl adjacent to an activating group) is 1. The summed E-state index contributed by atoms with van der Waals surface area (Å²) in [5.41, 5.74) is 0.346. The van der Waals surface area contributed by atoms with Crippen LogP contribution < -0.4 is 0 Å². The quantitative estimate of drug-likeness (QED) is 0.289. The molecule has 2 atom stereocenters. The summed E-state index contributed by atoms with van der Waals surface area (Å²) in [4.78, 5) is 21.0. The van der Waals surface area contributed by atoms with Gasteiger partial charge in [0.25, 0.3) is 0 Å². The summed E-state index contributed by atoms with van der Waals surface area (Å²) in [5.74, 6) is -0.436. The van der Waals surface area contributed by atoms with Crippen molar-refractivity contribution in [1.29, 1.82) is 0 Å². The molecule has 2 unspecified atom stereocenters. The van der Waals surface area contributed by atoms with Crippen LogP contribution in [-0.4, -0.2) is 61.9 Å². The molecule has 0 heterocycles. The topological polar surface area (TPSA) is 72.8 Å². The average Bonchev–Trinajstić information content (AvgIpc) is 2.25. The van der Waals surface area contributed by atoms with Gasteiger partial charge in [-0.05, 0) is 26.7 Å². The van der Waals surface area contributed by atoms with E-state index in [1.165, 1.54) is 0 Å². The molecule has 21 heavy (non-hydrogen) atoms. The van der Waals surface area contributed by atoms with E-state index in [1.807, 2.05) is 21.1 Å². The molecule has 124 valence electrons. The van der Waals surface area contributed by atoms with E-state index in [2.05, 4.69) is 6.58 Å². The second kappa shape index (κ2) is 8.69. The van der Waals surface area contributed by atoms with Crippen LogP contribution in [0.4, 0.5) is 0 Å². The van der Waals surface area contributed by atoms with Gasteiger partial charge in [0.05, 0.1) is 33.4 Å². The van der Waals surface area contributed by atoms with E-state index < -0.39 is 13.6 Å². The van der Waals surface area contributed by atoms with Gasteiger partial charge >= 0.3 is 13.6 Å². The van der Waals surface area contributed by atoms with E-state index in [9.17, 15) is 14.3 Å². The van der Waals surface area contributed by atoms with Crippen molar-refractivity contribution >= 4 is 13.6 Å². The van der Waals surface area contributed by atoms with Gasteiger partial charge in [-0.2, -0.15) is 0 Å². The van der Waals surface area contributed by atoms with Crippen LogP contribution in [0.3, 0.4) is 0 Å². The van der Waals surface area contributed by atoms with Crippen molar-refractivity contribution in [2.45, 2.75) is 32.8 Å². The fourth-order valence-electron chi connectivity index (χ4n) is 1.44. The van der Waals surface area contributed by atoms with Crippen LogP contribution in [-0.2, 0) is 18.6 Å². The number of carbonyl (C=O) groups is 1. The van der Waals surface area contributed by atoms with Crippen LogP contribution >= 0.6 is 7.60 Å². The molecule has 0 aliphatic rings. The van der Waals surface area contributed by atoms with Crippen LogP contribution in [0.1, 0.15) is 26.7 Å². The van der Waals surface area contributed by atoms with Crippen molar-refractivity contribution in [3.63, 3.8) is 0 Å². The summed E-state index contributed by atoms with van der Waals surface area (Å²) < 4.78 is 22.7. The third-order valence-electron chi connectivity index (χ3n) is 2.76. The van der Waals surface area contributed by atoms with Gasteiger partial charge in [0.1, 0.15) is 13.2 Å². The highest BCUT2D eigenvalue weighted by Crippen LogP contribution is 2.42. The second-order valence-corrected chi connectivity index (χ2v) is 8.33. The molecule has 0 bridgehead atoms. The van der Waals surface area contributed by atoms with E-state index in [0.29, 0.717) is 29.4 Å². The molecule has 6 nitrogen and oxygen atoms in total. The minimum Gasteiger partial charge on any atom is -0.459 e. The lowest BCUT2D eigenvalue weighted by molar-refractivity contribution is -0.870. The zero-order valence-corrected chi connectivity index (χ0v) is 14.7. The molecule has 0 aliphatic heterocycles. The van der Waals surface area contributed by atoms with E-state index in [1.54, 1.807) is 13.8 Å². The van der Waals surface area contributed by atoms with Crippen LogP contribution in [0.15, 0.2) is 12.2 Å². The third-order valence-corrected chi connectivity index (χ3v) is 4.23. The lowest BCUT2D eigenvalue weighted by Gasteiger charge is -2.24. The van der Waals surface area contributed by atoms with Crippen molar-refractivity contribution in [3.8, 4) is 0 Å². The predicted molar refractivity (Wildman–Crippen MR) is 83.1 cm³/mol. The SMILES string of the molecule is C=C(C)C(=O)OC(C)CCCP(=O)(O)OCC[N+](C)(C)C. The molecule has 0 saturated carbocycles. The Morgan fingerprint density at radius 3 is 2.43 bits per heavy atom. The van der Waals surface area contributed by atoms with E-state index in [0.717, 1.165) is 0 Å². The predicted octanol–water partition coefficient (Wildman–Crippen LogP) is 2.18.